The second-order valence-electron chi connectivity index (χ2n) is 10.8. The van der Waals surface area contributed by atoms with Crippen molar-refractivity contribution < 1.29 is 10.2 Å². The number of aliphatic hydroxyl groups excluding tert-OH is 2. The number of aliphatic imine (C=N–C) groups is 1. The van der Waals surface area contributed by atoms with E-state index in [1.807, 2.05) is 18.3 Å². The fraction of sp³-hybridized carbons (Fsp3) is 0.760. The van der Waals surface area contributed by atoms with Gasteiger partial charge in [0.15, 0.2) is 0 Å². The summed E-state index contributed by atoms with van der Waals surface area (Å²) in [5.41, 5.74) is 2.83. The zero-order valence-electron chi connectivity index (χ0n) is 17.9. The fourth-order valence-electron chi connectivity index (χ4n) is 7.92. The zero-order valence-corrected chi connectivity index (χ0v) is 17.9. The van der Waals surface area contributed by atoms with E-state index < -0.39 is 0 Å². The van der Waals surface area contributed by atoms with Crippen molar-refractivity contribution >= 4 is 5.71 Å². The van der Waals surface area contributed by atoms with Crippen molar-refractivity contribution in [3.8, 4) is 0 Å². The highest BCUT2D eigenvalue weighted by Gasteiger charge is 2.61. The monoisotopic (exact) mass is 396 g/mol. The molecule has 4 heteroatoms. The number of pyridine rings is 1. The van der Waals surface area contributed by atoms with Gasteiger partial charge in [-0.05, 0) is 92.6 Å². The lowest BCUT2D eigenvalue weighted by Gasteiger charge is -2.61. The van der Waals surface area contributed by atoms with E-state index in [1.54, 1.807) is 0 Å². The minimum Gasteiger partial charge on any atom is -0.393 e. The summed E-state index contributed by atoms with van der Waals surface area (Å²) in [6, 6.07) is 6.04. The molecule has 2 N–H and O–H groups in total. The molecule has 4 aliphatic carbocycles. The van der Waals surface area contributed by atoms with Crippen LogP contribution in [-0.4, -0.2) is 33.1 Å². The second kappa shape index (κ2) is 7.16. The SMILES string of the molecule is C[C@]12CC[C@@H](O)CC1C[C@@H](O)[C@@H]1C2CC[C@]2(C)C(=NCc3ccccn3)CC[C@@H]12. The molecule has 4 aliphatic rings. The maximum absolute atomic E-state index is 11.3. The largest absolute Gasteiger partial charge is 0.393 e. The van der Waals surface area contributed by atoms with Gasteiger partial charge in [0, 0.05) is 17.3 Å². The first-order valence-corrected chi connectivity index (χ1v) is 11.7. The number of rotatable bonds is 2. The number of hydrogen-bond donors (Lipinski definition) is 2. The van der Waals surface area contributed by atoms with Crippen LogP contribution in [0.15, 0.2) is 29.4 Å². The predicted molar refractivity (Wildman–Crippen MR) is 114 cm³/mol. The first-order valence-electron chi connectivity index (χ1n) is 11.7. The number of aromatic nitrogens is 1. The van der Waals surface area contributed by atoms with Crippen LogP contribution < -0.4 is 0 Å². The summed E-state index contributed by atoms with van der Waals surface area (Å²) in [4.78, 5) is 9.50. The van der Waals surface area contributed by atoms with E-state index in [-0.39, 0.29) is 23.0 Å². The van der Waals surface area contributed by atoms with Gasteiger partial charge in [0.05, 0.1) is 24.4 Å². The molecule has 5 rings (SSSR count). The van der Waals surface area contributed by atoms with Gasteiger partial charge in [-0.2, -0.15) is 0 Å². The number of aliphatic hydroxyl groups is 2. The van der Waals surface area contributed by atoms with Gasteiger partial charge in [-0.25, -0.2) is 0 Å². The van der Waals surface area contributed by atoms with E-state index in [9.17, 15) is 10.2 Å². The average Bonchev–Trinajstić information content (AvgIpc) is 3.05. The van der Waals surface area contributed by atoms with Crippen molar-refractivity contribution in [3.05, 3.63) is 30.1 Å². The van der Waals surface area contributed by atoms with Crippen LogP contribution in [-0.2, 0) is 6.54 Å². The summed E-state index contributed by atoms with van der Waals surface area (Å²) >= 11 is 0. The predicted octanol–water partition coefficient (Wildman–Crippen LogP) is 4.40. The molecule has 1 heterocycles. The van der Waals surface area contributed by atoms with E-state index in [2.05, 4.69) is 24.9 Å². The van der Waals surface area contributed by atoms with Crippen molar-refractivity contribution in [1.29, 1.82) is 0 Å². The van der Waals surface area contributed by atoms with E-state index in [0.717, 1.165) is 37.8 Å². The van der Waals surface area contributed by atoms with Crippen LogP contribution >= 0.6 is 0 Å². The molecular weight excluding hydrogens is 360 g/mol. The molecule has 158 valence electrons. The molecular formula is C25H36N2O2. The molecule has 0 bridgehead atoms. The van der Waals surface area contributed by atoms with Crippen molar-refractivity contribution in [1.82, 2.24) is 4.98 Å². The lowest BCUT2D eigenvalue weighted by atomic mass is 9.44. The highest BCUT2D eigenvalue weighted by molar-refractivity contribution is 5.92. The third-order valence-corrected chi connectivity index (χ3v) is 9.55. The fourth-order valence-corrected chi connectivity index (χ4v) is 7.92. The molecule has 4 fully saturated rings. The summed E-state index contributed by atoms with van der Waals surface area (Å²) < 4.78 is 0. The average molecular weight is 397 g/mol. The van der Waals surface area contributed by atoms with Crippen LogP contribution in [0, 0.1) is 34.5 Å². The van der Waals surface area contributed by atoms with Gasteiger partial charge in [-0.3, -0.25) is 9.98 Å². The number of hydrogen-bond acceptors (Lipinski definition) is 4. The topological polar surface area (TPSA) is 65.7 Å². The Morgan fingerprint density at radius 3 is 2.72 bits per heavy atom. The molecule has 8 atom stereocenters. The van der Waals surface area contributed by atoms with Crippen LogP contribution in [0.2, 0.25) is 0 Å². The Kier molecular flexibility index (Phi) is 4.86. The van der Waals surface area contributed by atoms with Crippen molar-refractivity contribution in [2.75, 3.05) is 0 Å². The molecule has 29 heavy (non-hydrogen) atoms. The number of fused-ring (bicyclic) bond motifs is 5. The van der Waals surface area contributed by atoms with Gasteiger partial charge in [-0.15, -0.1) is 0 Å². The quantitative estimate of drug-likeness (QED) is 0.779. The van der Waals surface area contributed by atoms with E-state index in [0.29, 0.717) is 30.2 Å². The molecule has 0 aliphatic heterocycles. The molecule has 1 aromatic rings. The number of nitrogens with zero attached hydrogens (tertiary/aromatic N) is 2. The minimum absolute atomic E-state index is 0.133. The van der Waals surface area contributed by atoms with Crippen molar-refractivity contribution in [2.24, 2.45) is 39.5 Å². The molecule has 0 amide bonds. The Labute approximate surface area is 174 Å². The standard InChI is InChI=1S/C25H36N2O2/c1-24-10-8-18(28)13-16(24)14-21(29)23-19-6-7-22(25(19,2)11-9-20(23)24)27-15-17-5-3-4-12-26-17/h3-5,12,16,18-21,23,28-29H,6-11,13-15H2,1-2H3/t16?,18-,19+,20?,21-,23+,24+,25+/m1/s1. The normalized spacial score (nSPS) is 48.1. The smallest absolute Gasteiger partial charge is 0.0811 e. The third-order valence-electron chi connectivity index (χ3n) is 9.55. The molecule has 0 aromatic carbocycles. The van der Waals surface area contributed by atoms with Gasteiger partial charge in [0.1, 0.15) is 0 Å². The molecule has 4 nitrogen and oxygen atoms in total. The second-order valence-corrected chi connectivity index (χ2v) is 10.8. The zero-order chi connectivity index (χ0) is 20.2. The van der Waals surface area contributed by atoms with Crippen LogP contribution in [0.25, 0.3) is 0 Å². The maximum atomic E-state index is 11.3. The van der Waals surface area contributed by atoms with Gasteiger partial charge in [0.2, 0.25) is 0 Å². The Balaban J connectivity index is 1.40. The summed E-state index contributed by atoms with van der Waals surface area (Å²) in [6.07, 6.45) is 9.90. The maximum Gasteiger partial charge on any atom is 0.0811 e. The minimum atomic E-state index is -0.219. The van der Waals surface area contributed by atoms with Crippen LogP contribution in [0.3, 0.4) is 0 Å². The summed E-state index contributed by atoms with van der Waals surface area (Å²) in [5, 5.41) is 21.5. The van der Waals surface area contributed by atoms with Gasteiger partial charge in [-0.1, -0.05) is 19.9 Å². The van der Waals surface area contributed by atoms with Crippen molar-refractivity contribution in [2.45, 2.75) is 84.0 Å². The Bertz CT molecular complexity index is 780. The van der Waals surface area contributed by atoms with Crippen LogP contribution in [0.4, 0.5) is 0 Å². The first kappa shape index (κ1) is 19.7. The van der Waals surface area contributed by atoms with Crippen LogP contribution in [0.5, 0.6) is 0 Å². The lowest BCUT2D eigenvalue weighted by Crippen LogP contribution is -2.58. The van der Waals surface area contributed by atoms with E-state index in [4.69, 9.17) is 4.99 Å². The highest BCUT2D eigenvalue weighted by Crippen LogP contribution is 2.65. The molecule has 0 saturated heterocycles. The third kappa shape index (κ3) is 3.09. The van der Waals surface area contributed by atoms with Crippen LogP contribution in [0.1, 0.15) is 70.9 Å². The van der Waals surface area contributed by atoms with Crippen molar-refractivity contribution in [3.63, 3.8) is 0 Å². The van der Waals surface area contributed by atoms with Gasteiger partial charge >= 0.3 is 0 Å². The summed E-state index contributed by atoms with van der Waals surface area (Å²) in [5.74, 6) is 2.01. The highest BCUT2D eigenvalue weighted by atomic mass is 16.3. The van der Waals surface area contributed by atoms with E-state index >= 15 is 0 Å². The van der Waals surface area contributed by atoms with Gasteiger partial charge < -0.3 is 10.2 Å². The summed E-state index contributed by atoms with van der Waals surface area (Å²) in [6.45, 7) is 5.57. The Morgan fingerprint density at radius 1 is 1.07 bits per heavy atom. The van der Waals surface area contributed by atoms with E-state index in [1.165, 1.54) is 25.0 Å². The first-order chi connectivity index (χ1) is 13.9. The molecule has 0 radical (unpaired) electrons. The molecule has 2 unspecified atom stereocenters. The molecule has 4 saturated carbocycles. The Hall–Kier alpha value is -1.26. The molecule has 0 spiro atoms. The Morgan fingerprint density at radius 2 is 1.93 bits per heavy atom. The van der Waals surface area contributed by atoms with Gasteiger partial charge in [0.25, 0.3) is 0 Å². The molecule has 1 aromatic heterocycles. The summed E-state index contributed by atoms with van der Waals surface area (Å²) in [7, 11) is 0. The lowest BCUT2D eigenvalue weighted by molar-refractivity contribution is -0.162.